The zero-order chi connectivity index (χ0) is 15.0. The fourth-order valence-corrected chi connectivity index (χ4v) is 2.63. The summed E-state index contributed by atoms with van der Waals surface area (Å²) in [6, 6.07) is 0.565. The third-order valence-corrected chi connectivity index (χ3v) is 3.64. The first-order valence-electron chi connectivity index (χ1n) is 3.97. The van der Waals surface area contributed by atoms with Crippen molar-refractivity contribution in [2.45, 2.75) is 11.3 Å². The standard InChI is InChI=1S/C6HClF3IN2O5S/c7-19(16,17)3-1-2(11)5(18-6(8,9)10)12-4(3)13(14)15/h1H. The Morgan fingerprint density at radius 3 is 2.37 bits per heavy atom. The van der Waals surface area contributed by atoms with Gasteiger partial charge >= 0.3 is 18.1 Å². The molecule has 1 aromatic rings. The molecule has 0 aromatic carbocycles. The SMILES string of the molecule is O=[N+]([O-])c1nc(OC(F)(F)F)c(I)cc1S(=O)(=O)Cl. The van der Waals surface area contributed by atoms with Gasteiger partial charge < -0.3 is 14.9 Å². The summed E-state index contributed by atoms with van der Waals surface area (Å²) in [7, 11) is 0.392. The lowest BCUT2D eigenvalue weighted by molar-refractivity contribution is -0.393. The molecule has 13 heteroatoms. The topological polar surface area (TPSA) is 99.4 Å². The van der Waals surface area contributed by atoms with Crippen molar-refractivity contribution in [1.82, 2.24) is 4.98 Å². The van der Waals surface area contributed by atoms with Crippen LogP contribution in [0.2, 0.25) is 0 Å². The van der Waals surface area contributed by atoms with Gasteiger partial charge in [0.2, 0.25) is 0 Å². The number of alkyl halides is 3. The highest BCUT2D eigenvalue weighted by atomic mass is 127. The van der Waals surface area contributed by atoms with Gasteiger partial charge in [-0.1, -0.05) is 0 Å². The molecule has 0 aliphatic carbocycles. The third kappa shape index (κ3) is 4.31. The molecule has 0 spiro atoms. The Hall–Kier alpha value is -0.890. The average Bonchev–Trinajstić information content (AvgIpc) is 2.16. The second-order valence-corrected chi connectivity index (χ2v) is 6.54. The van der Waals surface area contributed by atoms with Gasteiger partial charge in [-0.25, -0.2) is 8.42 Å². The van der Waals surface area contributed by atoms with Crippen LogP contribution in [0.1, 0.15) is 0 Å². The van der Waals surface area contributed by atoms with Crippen LogP contribution >= 0.6 is 33.3 Å². The Labute approximate surface area is 121 Å². The molecule has 19 heavy (non-hydrogen) atoms. The summed E-state index contributed by atoms with van der Waals surface area (Å²) in [6.07, 6.45) is -5.12. The number of hydrogen-bond donors (Lipinski definition) is 0. The Morgan fingerprint density at radius 2 is 2.00 bits per heavy atom. The van der Waals surface area contributed by atoms with E-state index in [0.29, 0.717) is 6.07 Å². The fourth-order valence-electron chi connectivity index (χ4n) is 0.937. The summed E-state index contributed by atoms with van der Waals surface area (Å²) < 4.78 is 61.2. The average molecular weight is 433 g/mol. The van der Waals surface area contributed by atoms with Gasteiger partial charge in [-0.2, -0.15) is 0 Å². The highest BCUT2D eigenvalue weighted by molar-refractivity contribution is 14.1. The van der Waals surface area contributed by atoms with Crippen LogP contribution in [0, 0.1) is 13.7 Å². The normalized spacial score (nSPS) is 12.3. The largest absolute Gasteiger partial charge is 0.575 e. The Kier molecular flexibility index (Phi) is 4.46. The molecule has 0 aliphatic rings. The fraction of sp³-hybridized carbons (Fsp3) is 0.167. The van der Waals surface area contributed by atoms with E-state index >= 15 is 0 Å². The first-order valence-corrected chi connectivity index (χ1v) is 7.36. The summed E-state index contributed by atoms with van der Waals surface area (Å²) in [5.74, 6) is -2.49. The minimum atomic E-state index is -5.12. The van der Waals surface area contributed by atoms with E-state index in [-0.39, 0.29) is 0 Å². The van der Waals surface area contributed by atoms with Crippen LogP contribution in [0.15, 0.2) is 11.0 Å². The highest BCUT2D eigenvalue weighted by Crippen LogP contribution is 2.33. The number of hydrogen-bond acceptors (Lipinski definition) is 6. The van der Waals surface area contributed by atoms with Crippen molar-refractivity contribution in [3.05, 3.63) is 19.8 Å². The Morgan fingerprint density at radius 1 is 1.47 bits per heavy atom. The molecule has 0 fully saturated rings. The summed E-state index contributed by atoms with van der Waals surface area (Å²) in [4.78, 5) is 11.2. The molecule has 0 N–H and O–H groups in total. The van der Waals surface area contributed by atoms with E-state index in [1.807, 2.05) is 0 Å². The van der Waals surface area contributed by atoms with Crippen LogP contribution in [0.3, 0.4) is 0 Å². The molecular weight excluding hydrogens is 431 g/mol. The molecule has 0 aliphatic heterocycles. The van der Waals surface area contributed by atoms with Crippen LogP contribution in [-0.4, -0.2) is 24.7 Å². The molecule has 0 atom stereocenters. The summed E-state index contributed by atoms with van der Waals surface area (Å²) in [5.41, 5.74) is 0. The van der Waals surface area contributed by atoms with Crippen molar-refractivity contribution in [3.8, 4) is 5.88 Å². The smallest absolute Gasteiger partial charge is 0.366 e. The number of nitrogens with zero attached hydrogens (tertiary/aromatic N) is 2. The molecule has 0 bridgehead atoms. The quantitative estimate of drug-likeness (QED) is 0.315. The maximum Gasteiger partial charge on any atom is 0.575 e. The van der Waals surface area contributed by atoms with E-state index in [0.717, 1.165) is 0 Å². The van der Waals surface area contributed by atoms with Crippen molar-refractivity contribution < 1.29 is 31.2 Å². The van der Waals surface area contributed by atoms with Gasteiger partial charge in [0, 0.05) is 15.7 Å². The van der Waals surface area contributed by atoms with E-state index in [1.54, 1.807) is 0 Å². The second-order valence-electron chi connectivity index (χ2n) is 2.84. The maximum absolute atomic E-state index is 12.0. The van der Waals surface area contributed by atoms with Crippen LogP contribution in [0.5, 0.6) is 5.88 Å². The summed E-state index contributed by atoms with van der Waals surface area (Å²) in [5, 5.41) is 10.6. The molecular formula is C6HClF3IN2O5S. The Balaban J connectivity index is 3.50. The van der Waals surface area contributed by atoms with Crippen molar-refractivity contribution in [3.63, 3.8) is 0 Å². The summed E-state index contributed by atoms with van der Waals surface area (Å²) >= 11 is 1.27. The highest BCUT2D eigenvalue weighted by Gasteiger charge is 2.37. The second kappa shape index (κ2) is 5.24. The number of ether oxygens (including phenoxy) is 1. The van der Waals surface area contributed by atoms with Crippen molar-refractivity contribution in [2.75, 3.05) is 0 Å². The number of pyridine rings is 1. The lowest BCUT2D eigenvalue weighted by atomic mass is 10.4. The molecule has 0 amide bonds. The van der Waals surface area contributed by atoms with Gasteiger partial charge in [-0.05, 0) is 33.6 Å². The molecule has 1 aromatic heterocycles. The van der Waals surface area contributed by atoms with Gasteiger partial charge in [0.05, 0.1) is 0 Å². The molecule has 0 radical (unpaired) electrons. The van der Waals surface area contributed by atoms with Crippen molar-refractivity contribution in [2.24, 2.45) is 0 Å². The van der Waals surface area contributed by atoms with Crippen LogP contribution in [-0.2, 0) is 9.05 Å². The van der Waals surface area contributed by atoms with Gasteiger partial charge in [-0.15, -0.1) is 13.2 Å². The predicted molar refractivity (Wildman–Crippen MR) is 63.3 cm³/mol. The van der Waals surface area contributed by atoms with Crippen molar-refractivity contribution in [1.29, 1.82) is 0 Å². The molecule has 106 valence electrons. The number of halogens is 5. The third-order valence-electron chi connectivity index (χ3n) is 1.54. The minimum absolute atomic E-state index is 0.403. The molecule has 0 unspecified atom stereocenters. The van der Waals surface area contributed by atoms with E-state index in [2.05, 4.69) is 9.72 Å². The monoisotopic (exact) mass is 432 g/mol. The molecule has 1 heterocycles. The maximum atomic E-state index is 12.0. The predicted octanol–water partition coefficient (Wildman–Crippen LogP) is 2.42. The van der Waals surface area contributed by atoms with Gasteiger partial charge in [0.25, 0.3) is 9.05 Å². The van der Waals surface area contributed by atoms with Gasteiger partial charge in [0.1, 0.15) is 3.57 Å². The van der Waals surface area contributed by atoms with E-state index in [9.17, 15) is 31.7 Å². The first-order chi connectivity index (χ1) is 8.42. The van der Waals surface area contributed by atoms with E-state index in [4.69, 9.17) is 10.7 Å². The summed E-state index contributed by atoms with van der Waals surface area (Å²) in [6.45, 7) is 0. The number of aromatic nitrogens is 1. The molecule has 0 saturated heterocycles. The van der Waals surface area contributed by atoms with Crippen molar-refractivity contribution >= 4 is 48.1 Å². The number of rotatable bonds is 3. The zero-order valence-electron chi connectivity index (χ0n) is 8.31. The van der Waals surface area contributed by atoms with Gasteiger partial charge in [-0.3, -0.25) is 0 Å². The van der Waals surface area contributed by atoms with E-state index < -0.39 is 40.5 Å². The minimum Gasteiger partial charge on any atom is -0.366 e. The lowest BCUT2D eigenvalue weighted by Crippen LogP contribution is -2.19. The number of nitro groups is 1. The van der Waals surface area contributed by atoms with Gasteiger partial charge in [0.15, 0.2) is 4.90 Å². The lowest BCUT2D eigenvalue weighted by Gasteiger charge is -2.07. The van der Waals surface area contributed by atoms with Crippen LogP contribution < -0.4 is 4.74 Å². The molecule has 1 rings (SSSR count). The zero-order valence-corrected chi connectivity index (χ0v) is 12.0. The van der Waals surface area contributed by atoms with Crippen LogP contribution in [0.25, 0.3) is 0 Å². The van der Waals surface area contributed by atoms with Crippen LogP contribution in [0.4, 0.5) is 19.0 Å². The van der Waals surface area contributed by atoms with E-state index in [1.165, 1.54) is 22.6 Å². The molecule has 7 nitrogen and oxygen atoms in total. The molecule has 0 saturated carbocycles. The first kappa shape index (κ1) is 16.2. The Bertz CT molecular complexity index is 634.